The van der Waals surface area contributed by atoms with Crippen molar-refractivity contribution >= 4 is 29.3 Å². The molecule has 18 heavy (non-hydrogen) atoms. The molecule has 0 saturated carbocycles. The number of rotatable bonds is 5. The van der Waals surface area contributed by atoms with E-state index in [0.717, 1.165) is 0 Å². The zero-order valence-electron chi connectivity index (χ0n) is 10.1. The summed E-state index contributed by atoms with van der Waals surface area (Å²) in [4.78, 5) is 27.6. The smallest absolute Gasteiger partial charge is 0.356 e. The minimum absolute atomic E-state index is 0.0886. The van der Waals surface area contributed by atoms with Crippen molar-refractivity contribution in [2.24, 2.45) is 0 Å². The van der Waals surface area contributed by atoms with E-state index < -0.39 is 5.97 Å². The zero-order chi connectivity index (χ0) is 13.7. The Labute approximate surface area is 110 Å². The van der Waals surface area contributed by atoms with Gasteiger partial charge in [-0.2, -0.15) is 0 Å². The fourth-order valence-electron chi connectivity index (χ4n) is 1.30. The van der Waals surface area contributed by atoms with Gasteiger partial charge in [-0.15, -0.1) is 0 Å². The summed E-state index contributed by atoms with van der Waals surface area (Å²) >= 11 is 5.72. The van der Waals surface area contributed by atoms with Crippen LogP contribution in [0, 0.1) is 0 Å². The summed E-state index contributed by atoms with van der Waals surface area (Å²) in [5, 5.41) is 11.5. The molecule has 1 aromatic heterocycles. The molecule has 0 aliphatic heterocycles. The molecule has 7 heteroatoms. The maximum atomic E-state index is 11.1. The van der Waals surface area contributed by atoms with Gasteiger partial charge in [0.05, 0.1) is 5.02 Å². The van der Waals surface area contributed by atoms with Crippen LogP contribution in [0.25, 0.3) is 0 Å². The van der Waals surface area contributed by atoms with E-state index >= 15 is 0 Å². The molecule has 1 amide bonds. The highest BCUT2D eigenvalue weighted by Crippen LogP contribution is 2.18. The van der Waals surface area contributed by atoms with Gasteiger partial charge >= 0.3 is 5.97 Å². The summed E-state index contributed by atoms with van der Waals surface area (Å²) < 4.78 is 0. The number of anilines is 1. The summed E-state index contributed by atoms with van der Waals surface area (Å²) in [6.45, 7) is 0.438. The van der Waals surface area contributed by atoms with Crippen LogP contribution in [0.4, 0.5) is 5.82 Å². The van der Waals surface area contributed by atoms with E-state index in [0.29, 0.717) is 18.8 Å². The molecule has 0 fully saturated rings. The summed E-state index contributed by atoms with van der Waals surface area (Å²) in [5.41, 5.74) is -0.194. The number of carboxylic acids is 1. The quantitative estimate of drug-likeness (QED) is 0.835. The second-order valence-electron chi connectivity index (χ2n) is 3.65. The van der Waals surface area contributed by atoms with Crippen molar-refractivity contribution in [3.63, 3.8) is 0 Å². The van der Waals surface area contributed by atoms with Crippen LogP contribution in [-0.2, 0) is 4.79 Å². The minimum Gasteiger partial charge on any atom is -0.476 e. The van der Waals surface area contributed by atoms with Gasteiger partial charge in [0.2, 0.25) is 5.91 Å². The molecule has 0 aliphatic rings. The van der Waals surface area contributed by atoms with E-state index in [1.54, 1.807) is 25.1 Å². The number of carbonyl (C=O) groups excluding carboxylic acids is 1. The molecule has 0 atom stereocenters. The van der Waals surface area contributed by atoms with Gasteiger partial charge in [0, 0.05) is 27.1 Å². The van der Waals surface area contributed by atoms with E-state index in [1.165, 1.54) is 6.07 Å². The standard InChI is InChI=1S/C11H14ClN3O3/c1-13-9(16)5-6-15(2)8-4-3-7(12)10(14-8)11(17)18/h3-4H,5-6H2,1-2H3,(H,13,16)(H,17,18). The van der Waals surface area contributed by atoms with Gasteiger partial charge in [-0.25, -0.2) is 9.78 Å². The van der Waals surface area contributed by atoms with Crippen molar-refractivity contribution in [2.45, 2.75) is 6.42 Å². The van der Waals surface area contributed by atoms with Gasteiger partial charge in [-0.05, 0) is 12.1 Å². The van der Waals surface area contributed by atoms with Gasteiger partial charge in [0.15, 0.2) is 5.69 Å². The molecule has 1 aromatic rings. The number of nitrogens with zero attached hydrogens (tertiary/aromatic N) is 2. The van der Waals surface area contributed by atoms with E-state index in [9.17, 15) is 9.59 Å². The lowest BCUT2D eigenvalue weighted by Gasteiger charge is -2.18. The van der Waals surface area contributed by atoms with E-state index in [4.69, 9.17) is 16.7 Å². The van der Waals surface area contributed by atoms with Gasteiger partial charge in [0.1, 0.15) is 5.82 Å². The van der Waals surface area contributed by atoms with Crippen molar-refractivity contribution in [1.82, 2.24) is 10.3 Å². The average molecular weight is 272 g/mol. The van der Waals surface area contributed by atoms with Crippen molar-refractivity contribution in [2.75, 3.05) is 25.5 Å². The number of aromatic carboxylic acids is 1. The SMILES string of the molecule is CNC(=O)CCN(C)c1ccc(Cl)c(C(=O)O)n1. The maximum absolute atomic E-state index is 11.1. The third kappa shape index (κ3) is 3.59. The molecule has 0 spiro atoms. The van der Waals surface area contributed by atoms with E-state index in [1.807, 2.05) is 0 Å². The van der Waals surface area contributed by atoms with Crippen molar-refractivity contribution in [1.29, 1.82) is 0 Å². The molecule has 0 bridgehead atoms. The molecule has 0 aliphatic carbocycles. The lowest BCUT2D eigenvalue weighted by Crippen LogP contribution is -2.27. The first-order chi connectivity index (χ1) is 8.45. The van der Waals surface area contributed by atoms with E-state index in [-0.39, 0.29) is 16.6 Å². The Bertz CT molecular complexity index is 465. The van der Waals surface area contributed by atoms with Gasteiger partial charge in [0.25, 0.3) is 0 Å². The largest absolute Gasteiger partial charge is 0.476 e. The topological polar surface area (TPSA) is 82.5 Å². The number of hydrogen-bond acceptors (Lipinski definition) is 4. The summed E-state index contributed by atoms with van der Waals surface area (Å²) in [7, 11) is 3.29. The molecular formula is C11H14ClN3O3. The number of amides is 1. The van der Waals surface area contributed by atoms with Gasteiger partial charge in [-0.1, -0.05) is 11.6 Å². The van der Waals surface area contributed by atoms with Crippen LogP contribution in [0.1, 0.15) is 16.9 Å². The van der Waals surface area contributed by atoms with Crippen LogP contribution in [0.3, 0.4) is 0 Å². The highest BCUT2D eigenvalue weighted by Gasteiger charge is 2.13. The first-order valence-electron chi connectivity index (χ1n) is 5.27. The number of carbonyl (C=O) groups is 2. The predicted molar refractivity (Wildman–Crippen MR) is 68.2 cm³/mol. The maximum Gasteiger partial charge on any atom is 0.356 e. The minimum atomic E-state index is -1.18. The van der Waals surface area contributed by atoms with Crippen molar-refractivity contribution in [3.05, 3.63) is 22.8 Å². The van der Waals surface area contributed by atoms with E-state index in [2.05, 4.69) is 10.3 Å². The molecule has 2 N–H and O–H groups in total. The second-order valence-corrected chi connectivity index (χ2v) is 4.06. The molecular weight excluding hydrogens is 258 g/mol. The zero-order valence-corrected chi connectivity index (χ0v) is 10.9. The van der Waals surface area contributed by atoms with Crippen LogP contribution in [0.15, 0.2) is 12.1 Å². The highest BCUT2D eigenvalue weighted by molar-refractivity contribution is 6.33. The molecule has 1 heterocycles. The molecule has 1 rings (SSSR count). The third-order valence-corrected chi connectivity index (χ3v) is 2.68. The third-order valence-electron chi connectivity index (χ3n) is 2.38. The molecule has 98 valence electrons. The monoisotopic (exact) mass is 271 g/mol. The van der Waals surface area contributed by atoms with Crippen LogP contribution in [0.2, 0.25) is 5.02 Å². The number of nitrogens with one attached hydrogen (secondary N) is 1. The Morgan fingerprint density at radius 1 is 1.50 bits per heavy atom. The normalized spacial score (nSPS) is 9.94. The summed E-state index contributed by atoms with van der Waals surface area (Å²) in [6, 6.07) is 3.09. The Morgan fingerprint density at radius 3 is 2.72 bits per heavy atom. The number of aromatic nitrogens is 1. The summed E-state index contributed by atoms with van der Waals surface area (Å²) in [5.74, 6) is -0.809. The second kappa shape index (κ2) is 6.20. The Kier molecular flexibility index (Phi) is 4.91. The van der Waals surface area contributed by atoms with Crippen LogP contribution >= 0.6 is 11.6 Å². The number of halogens is 1. The number of carboxylic acid groups (broad SMARTS) is 1. The highest BCUT2D eigenvalue weighted by atomic mass is 35.5. The molecule has 0 unspecified atom stereocenters. The number of hydrogen-bond donors (Lipinski definition) is 2. The van der Waals surface area contributed by atoms with Crippen LogP contribution < -0.4 is 10.2 Å². The number of pyridine rings is 1. The average Bonchev–Trinajstić information content (AvgIpc) is 2.35. The Hall–Kier alpha value is -1.82. The lowest BCUT2D eigenvalue weighted by molar-refractivity contribution is -0.120. The molecule has 6 nitrogen and oxygen atoms in total. The lowest BCUT2D eigenvalue weighted by atomic mass is 10.3. The van der Waals surface area contributed by atoms with Crippen molar-refractivity contribution < 1.29 is 14.7 Å². The van der Waals surface area contributed by atoms with Gasteiger partial charge < -0.3 is 15.3 Å². The Morgan fingerprint density at radius 2 is 2.17 bits per heavy atom. The van der Waals surface area contributed by atoms with Crippen molar-refractivity contribution in [3.8, 4) is 0 Å². The molecule has 0 saturated heterocycles. The Balaban J connectivity index is 2.80. The molecule has 0 aromatic carbocycles. The van der Waals surface area contributed by atoms with Crippen LogP contribution in [0.5, 0.6) is 0 Å². The molecule has 0 radical (unpaired) electrons. The fraction of sp³-hybridized carbons (Fsp3) is 0.364. The first-order valence-corrected chi connectivity index (χ1v) is 5.65. The fourth-order valence-corrected chi connectivity index (χ4v) is 1.49. The summed E-state index contributed by atoms with van der Waals surface area (Å²) in [6.07, 6.45) is 0.305. The van der Waals surface area contributed by atoms with Crippen LogP contribution in [-0.4, -0.2) is 42.6 Å². The predicted octanol–water partition coefficient (Wildman–Crippen LogP) is 1.01. The first kappa shape index (κ1) is 14.2. The van der Waals surface area contributed by atoms with Gasteiger partial charge in [-0.3, -0.25) is 4.79 Å².